The van der Waals surface area contributed by atoms with Gasteiger partial charge < -0.3 is 11.1 Å². The van der Waals surface area contributed by atoms with E-state index in [1.165, 1.54) is 30.6 Å². The molecule has 1 aromatic heterocycles. The van der Waals surface area contributed by atoms with E-state index in [0.29, 0.717) is 23.6 Å². The van der Waals surface area contributed by atoms with E-state index in [4.69, 9.17) is 5.73 Å². The minimum Gasteiger partial charge on any atom is -0.330 e. The van der Waals surface area contributed by atoms with Crippen molar-refractivity contribution in [2.75, 3.05) is 25.0 Å². The molecule has 0 aromatic carbocycles. The van der Waals surface area contributed by atoms with Crippen LogP contribution in [-0.4, -0.2) is 41.5 Å². The van der Waals surface area contributed by atoms with Crippen molar-refractivity contribution in [3.8, 4) is 0 Å². The lowest BCUT2D eigenvalue weighted by molar-refractivity contribution is -0.118. The van der Waals surface area contributed by atoms with Gasteiger partial charge in [0.25, 0.3) is 0 Å². The van der Waals surface area contributed by atoms with E-state index in [1.807, 2.05) is 5.38 Å². The number of carbonyl (C=O) groups excluding carboxylic acids is 1. The Balaban J connectivity index is 1.91. The minimum atomic E-state index is 0.0168. The summed E-state index contributed by atoms with van der Waals surface area (Å²) in [5.41, 5.74) is 5.89. The Hall–Kier alpha value is -0.980. The van der Waals surface area contributed by atoms with Gasteiger partial charge in [-0.25, -0.2) is 4.98 Å². The monoisotopic (exact) mass is 296 g/mol. The quantitative estimate of drug-likeness (QED) is 0.841. The summed E-state index contributed by atoms with van der Waals surface area (Å²) in [5.74, 6) is 0.541. The van der Waals surface area contributed by atoms with E-state index in [0.717, 1.165) is 19.5 Å². The van der Waals surface area contributed by atoms with Crippen molar-refractivity contribution >= 4 is 22.4 Å². The van der Waals surface area contributed by atoms with Crippen LogP contribution in [-0.2, 0) is 4.79 Å². The van der Waals surface area contributed by atoms with Crippen LogP contribution < -0.4 is 11.1 Å². The lowest BCUT2D eigenvalue weighted by atomic mass is 9.83. The molecule has 0 bridgehead atoms. The average molecular weight is 296 g/mol. The van der Waals surface area contributed by atoms with Gasteiger partial charge in [-0.2, -0.15) is 0 Å². The molecule has 1 aromatic rings. The van der Waals surface area contributed by atoms with E-state index < -0.39 is 0 Å². The van der Waals surface area contributed by atoms with E-state index >= 15 is 0 Å². The molecule has 1 heterocycles. The maximum Gasteiger partial charge on any atom is 0.240 e. The number of nitrogens with zero attached hydrogens (tertiary/aromatic N) is 2. The molecule has 2 unspecified atom stereocenters. The zero-order chi connectivity index (χ0) is 14.4. The van der Waals surface area contributed by atoms with Crippen LogP contribution in [0.3, 0.4) is 0 Å². The fourth-order valence-corrected chi connectivity index (χ4v) is 3.58. The van der Waals surface area contributed by atoms with Crippen molar-refractivity contribution < 1.29 is 4.79 Å². The third kappa shape index (κ3) is 4.01. The smallest absolute Gasteiger partial charge is 0.240 e. The van der Waals surface area contributed by atoms with Gasteiger partial charge in [0.15, 0.2) is 5.13 Å². The molecule has 1 fully saturated rings. The molecule has 1 aliphatic carbocycles. The molecule has 2 rings (SSSR count). The first kappa shape index (κ1) is 15.4. The highest BCUT2D eigenvalue weighted by Gasteiger charge is 2.29. The maximum atomic E-state index is 12.1. The van der Waals surface area contributed by atoms with Crippen LogP contribution in [0.4, 0.5) is 5.13 Å². The first-order valence-corrected chi connectivity index (χ1v) is 8.26. The SMILES string of the molecule is CCN(CC(=O)Nc1nccs1)C1CCCCC1CN. The lowest BCUT2D eigenvalue weighted by Crippen LogP contribution is -2.47. The molecular formula is C14H24N4OS. The van der Waals surface area contributed by atoms with Gasteiger partial charge >= 0.3 is 0 Å². The van der Waals surface area contributed by atoms with Gasteiger partial charge in [-0.1, -0.05) is 19.8 Å². The normalized spacial score (nSPS) is 22.9. The first-order valence-electron chi connectivity index (χ1n) is 7.38. The summed E-state index contributed by atoms with van der Waals surface area (Å²) in [5, 5.41) is 5.39. The number of rotatable bonds is 6. The standard InChI is InChI=1S/C14H24N4OS/c1-2-18(12-6-4-3-5-11(12)9-15)10-13(19)17-14-16-7-8-20-14/h7-8,11-12H,2-6,9-10,15H2,1H3,(H,16,17,19). The molecule has 0 saturated heterocycles. The van der Waals surface area contributed by atoms with Crippen molar-refractivity contribution in [2.24, 2.45) is 11.7 Å². The van der Waals surface area contributed by atoms with Crippen LogP contribution in [0.25, 0.3) is 0 Å². The number of anilines is 1. The number of hydrogen-bond donors (Lipinski definition) is 2. The Labute approximate surface area is 124 Å². The molecule has 1 saturated carbocycles. The lowest BCUT2D eigenvalue weighted by Gasteiger charge is -2.38. The third-order valence-corrected chi connectivity index (χ3v) is 4.76. The number of nitrogens with two attached hydrogens (primary N) is 1. The van der Waals surface area contributed by atoms with Crippen molar-refractivity contribution in [3.63, 3.8) is 0 Å². The van der Waals surface area contributed by atoms with Crippen LogP contribution in [0.2, 0.25) is 0 Å². The highest BCUT2D eigenvalue weighted by atomic mass is 32.1. The van der Waals surface area contributed by atoms with E-state index in [-0.39, 0.29) is 5.91 Å². The molecule has 3 N–H and O–H groups in total. The summed E-state index contributed by atoms with van der Waals surface area (Å²) in [4.78, 5) is 18.4. The summed E-state index contributed by atoms with van der Waals surface area (Å²) in [6, 6.07) is 0.445. The Morgan fingerprint density at radius 3 is 3.00 bits per heavy atom. The summed E-state index contributed by atoms with van der Waals surface area (Å²) in [7, 11) is 0. The fourth-order valence-electron chi connectivity index (χ4n) is 3.04. The molecule has 0 radical (unpaired) electrons. The van der Waals surface area contributed by atoms with Crippen LogP contribution in [0.15, 0.2) is 11.6 Å². The van der Waals surface area contributed by atoms with Crippen LogP contribution in [0.1, 0.15) is 32.6 Å². The molecule has 112 valence electrons. The van der Waals surface area contributed by atoms with Gasteiger partial charge in [-0.3, -0.25) is 9.69 Å². The second-order valence-electron chi connectivity index (χ2n) is 5.30. The average Bonchev–Trinajstić information content (AvgIpc) is 2.97. The Kier molecular flexibility index (Phi) is 5.94. The number of hydrogen-bond acceptors (Lipinski definition) is 5. The van der Waals surface area contributed by atoms with Crippen LogP contribution >= 0.6 is 11.3 Å². The van der Waals surface area contributed by atoms with Gasteiger partial charge in [-0.05, 0) is 31.8 Å². The zero-order valence-electron chi connectivity index (χ0n) is 12.0. The van der Waals surface area contributed by atoms with Crippen molar-refractivity contribution in [1.82, 2.24) is 9.88 Å². The maximum absolute atomic E-state index is 12.1. The molecular weight excluding hydrogens is 272 g/mol. The summed E-state index contributed by atoms with van der Waals surface area (Å²) < 4.78 is 0. The highest BCUT2D eigenvalue weighted by Crippen LogP contribution is 2.27. The van der Waals surface area contributed by atoms with Crippen molar-refractivity contribution in [1.29, 1.82) is 0 Å². The predicted molar refractivity (Wildman–Crippen MR) is 82.8 cm³/mol. The molecule has 1 aliphatic rings. The Morgan fingerprint density at radius 2 is 2.35 bits per heavy atom. The number of nitrogens with one attached hydrogen (secondary N) is 1. The Morgan fingerprint density at radius 1 is 1.55 bits per heavy atom. The largest absolute Gasteiger partial charge is 0.330 e. The highest BCUT2D eigenvalue weighted by molar-refractivity contribution is 7.13. The molecule has 0 aliphatic heterocycles. The number of aromatic nitrogens is 1. The second kappa shape index (κ2) is 7.71. The van der Waals surface area contributed by atoms with E-state index in [1.54, 1.807) is 6.20 Å². The van der Waals surface area contributed by atoms with E-state index in [2.05, 4.69) is 22.1 Å². The summed E-state index contributed by atoms with van der Waals surface area (Å²) in [6.07, 6.45) is 6.54. The van der Waals surface area contributed by atoms with Crippen molar-refractivity contribution in [3.05, 3.63) is 11.6 Å². The van der Waals surface area contributed by atoms with Gasteiger partial charge in [-0.15, -0.1) is 11.3 Å². The van der Waals surface area contributed by atoms with Gasteiger partial charge in [0.05, 0.1) is 6.54 Å². The molecule has 1 amide bonds. The number of amides is 1. The second-order valence-corrected chi connectivity index (χ2v) is 6.19. The fraction of sp³-hybridized carbons (Fsp3) is 0.714. The van der Waals surface area contributed by atoms with Crippen molar-refractivity contribution in [2.45, 2.75) is 38.6 Å². The zero-order valence-corrected chi connectivity index (χ0v) is 12.9. The summed E-state index contributed by atoms with van der Waals surface area (Å²) in [6.45, 7) is 4.14. The predicted octanol–water partition coefficient (Wildman–Crippen LogP) is 1.92. The van der Waals surface area contributed by atoms with Gasteiger partial charge in [0.1, 0.15) is 0 Å². The van der Waals surface area contributed by atoms with Gasteiger partial charge in [0.2, 0.25) is 5.91 Å². The molecule has 2 atom stereocenters. The number of thiazole rings is 1. The first-order chi connectivity index (χ1) is 9.74. The third-order valence-electron chi connectivity index (χ3n) is 4.07. The van der Waals surface area contributed by atoms with E-state index in [9.17, 15) is 4.79 Å². The van der Waals surface area contributed by atoms with Gasteiger partial charge in [0, 0.05) is 17.6 Å². The topological polar surface area (TPSA) is 71.2 Å². The van der Waals surface area contributed by atoms with Crippen LogP contribution in [0.5, 0.6) is 0 Å². The number of carbonyl (C=O) groups is 1. The molecule has 20 heavy (non-hydrogen) atoms. The van der Waals surface area contributed by atoms with Crippen LogP contribution in [0, 0.1) is 5.92 Å². The number of likely N-dealkylation sites (N-methyl/N-ethyl adjacent to an activating group) is 1. The summed E-state index contributed by atoms with van der Waals surface area (Å²) >= 11 is 1.45. The minimum absolute atomic E-state index is 0.0168. The molecule has 0 spiro atoms. The molecule has 6 heteroatoms. The Bertz CT molecular complexity index is 409. The molecule has 5 nitrogen and oxygen atoms in total.